The molecular weight excluding hydrogens is 306 g/mol. The minimum Gasteiger partial charge on any atom is -0.357 e. The Morgan fingerprint density at radius 2 is 2.08 bits per heavy atom. The number of carbonyl (C=O) groups is 2. The molecule has 0 bridgehead atoms. The standard InChI is InChI=1S/C17H25N5O2/c23-16-14(5-1-2-8-18-16)21-17(24)20-12-13-6-7-15(19-11-13)22-9-3-4-10-22/h6-7,11,14H,1-5,8-10,12H2,(H,18,23)(H2,20,21,24). The smallest absolute Gasteiger partial charge is 0.315 e. The monoisotopic (exact) mass is 331 g/mol. The molecule has 24 heavy (non-hydrogen) atoms. The van der Waals surface area contributed by atoms with Gasteiger partial charge in [-0.25, -0.2) is 9.78 Å². The van der Waals surface area contributed by atoms with Gasteiger partial charge in [-0.3, -0.25) is 4.79 Å². The number of rotatable bonds is 4. The molecule has 0 aromatic carbocycles. The third kappa shape index (κ3) is 4.37. The van der Waals surface area contributed by atoms with Crippen LogP contribution in [0.15, 0.2) is 18.3 Å². The van der Waals surface area contributed by atoms with Crippen LogP contribution in [0, 0.1) is 0 Å². The highest BCUT2D eigenvalue weighted by molar-refractivity contribution is 5.87. The number of pyridine rings is 1. The van der Waals surface area contributed by atoms with Crippen molar-refractivity contribution in [3.05, 3.63) is 23.9 Å². The maximum Gasteiger partial charge on any atom is 0.315 e. The minimum absolute atomic E-state index is 0.0979. The lowest BCUT2D eigenvalue weighted by molar-refractivity contribution is -0.122. The van der Waals surface area contributed by atoms with Gasteiger partial charge < -0.3 is 20.9 Å². The summed E-state index contributed by atoms with van der Waals surface area (Å²) in [6.45, 7) is 3.22. The Hall–Kier alpha value is -2.31. The molecule has 1 aromatic rings. The fourth-order valence-corrected chi connectivity index (χ4v) is 3.12. The molecule has 1 aromatic heterocycles. The molecular formula is C17H25N5O2. The van der Waals surface area contributed by atoms with Crippen LogP contribution >= 0.6 is 0 Å². The van der Waals surface area contributed by atoms with E-state index in [9.17, 15) is 9.59 Å². The summed E-state index contributed by atoms with van der Waals surface area (Å²) in [6, 6.07) is 3.22. The Morgan fingerprint density at radius 3 is 2.83 bits per heavy atom. The maximum atomic E-state index is 12.0. The van der Waals surface area contributed by atoms with Crippen molar-refractivity contribution in [2.75, 3.05) is 24.5 Å². The van der Waals surface area contributed by atoms with Crippen molar-refractivity contribution in [1.82, 2.24) is 20.9 Å². The number of nitrogens with one attached hydrogen (secondary N) is 3. The van der Waals surface area contributed by atoms with Gasteiger partial charge in [0.2, 0.25) is 5.91 Å². The number of urea groups is 1. The van der Waals surface area contributed by atoms with Crippen LogP contribution in [0.2, 0.25) is 0 Å². The molecule has 0 spiro atoms. The van der Waals surface area contributed by atoms with Crippen molar-refractivity contribution in [2.24, 2.45) is 0 Å². The van der Waals surface area contributed by atoms with Crippen LogP contribution in [0.5, 0.6) is 0 Å². The topological polar surface area (TPSA) is 86.4 Å². The quantitative estimate of drug-likeness (QED) is 0.772. The van der Waals surface area contributed by atoms with E-state index in [-0.39, 0.29) is 11.9 Å². The van der Waals surface area contributed by atoms with E-state index in [1.54, 1.807) is 6.20 Å². The van der Waals surface area contributed by atoms with E-state index in [1.807, 2.05) is 12.1 Å². The molecule has 3 heterocycles. The van der Waals surface area contributed by atoms with Gasteiger partial charge in [-0.05, 0) is 43.7 Å². The van der Waals surface area contributed by atoms with Crippen molar-refractivity contribution in [3.8, 4) is 0 Å². The lowest BCUT2D eigenvalue weighted by Gasteiger charge is -2.17. The lowest BCUT2D eigenvalue weighted by Crippen LogP contribution is -2.48. The van der Waals surface area contributed by atoms with Crippen molar-refractivity contribution in [3.63, 3.8) is 0 Å². The lowest BCUT2D eigenvalue weighted by atomic mass is 10.1. The molecule has 3 N–H and O–H groups in total. The number of anilines is 1. The molecule has 2 aliphatic rings. The normalized spacial score (nSPS) is 21.1. The summed E-state index contributed by atoms with van der Waals surface area (Å²) in [5, 5.41) is 8.35. The summed E-state index contributed by atoms with van der Waals surface area (Å²) in [5.74, 6) is 0.898. The molecule has 130 valence electrons. The van der Waals surface area contributed by atoms with Gasteiger partial charge in [0.1, 0.15) is 11.9 Å². The predicted molar refractivity (Wildman–Crippen MR) is 91.7 cm³/mol. The van der Waals surface area contributed by atoms with Gasteiger partial charge >= 0.3 is 6.03 Å². The molecule has 0 radical (unpaired) electrons. The van der Waals surface area contributed by atoms with Gasteiger partial charge in [-0.15, -0.1) is 0 Å². The van der Waals surface area contributed by atoms with E-state index in [4.69, 9.17) is 0 Å². The van der Waals surface area contributed by atoms with Crippen LogP contribution in [0.4, 0.5) is 10.6 Å². The number of carbonyl (C=O) groups excluding carboxylic acids is 2. The summed E-state index contributed by atoms with van der Waals surface area (Å²) in [4.78, 5) is 30.5. The van der Waals surface area contributed by atoms with E-state index >= 15 is 0 Å². The Kier molecular flexibility index (Phi) is 5.51. The molecule has 2 aliphatic heterocycles. The number of hydrogen-bond acceptors (Lipinski definition) is 4. The van der Waals surface area contributed by atoms with Crippen molar-refractivity contribution in [2.45, 2.75) is 44.7 Å². The summed E-state index contributed by atoms with van der Waals surface area (Å²) >= 11 is 0. The van der Waals surface area contributed by atoms with Gasteiger partial charge in [0.25, 0.3) is 0 Å². The van der Waals surface area contributed by atoms with E-state index in [0.29, 0.717) is 19.5 Å². The number of hydrogen-bond donors (Lipinski definition) is 3. The Morgan fingerprint density at radius 1 is 1.25 bits per heavy atom. The first-order valence-electron chi connectivity index (χ1n) is 8.74. The summed E-state index contributed by atoms with van der Waals surface area (Å²) < 4.78 is 0. The first-order chi connectivity index (χ1) is 11.7. The molecule has 7 nitrogen and oxygen atoms in total. The van der Waals surface area contributed by atoms with E-state index in [0.717, 1.165) is 37.3 Å². The first kappa shape index (κ1) is 16.5. The average molecular weight is 331 g/mol. The summed E-state index contributed by atoms with van der Waals surface area (Å²) in [5.41, 5.74) is 0.943. The molecule has 2 fully saturated rings. The Balaban J connectivity index is 1.46. The van der Waals surface area contributed by atoms with Gasteiger partial charge in [-0.2, -0.15) is 0 Å². The van der Waals surface area contributed by atoms with Gasteiger partial charge in [0.05, 0.1) is 0 Å². The van der Waals surface area contributed by atoms with Crippen molar-refractivity contribution >= 4 is 17.8 Å². The maximum absolute atomic E-state index is 12.0. The summed E-state index contributed by atoms with van der Waals surface area (Å²) in [7, 11) is 0. The highest BCUT2D eigenvalue weighted by Gasteiger charge is 2.22. The van der Waals surface area contributed by atoms with Crippen molar-refractivity contribution < 1.29 is 9.59 Å². The zero-order valence-corrected chi connectivity index (χ0v) is 13.9. The Bertz CT molecular complexity index is 569. The Labute approximate surface area is 142 Å². The number of aromatic nitrogens is 1. The molecule has 1 atom stereocenters. The molecule has 0 saturated carbocycles. The van der Waals surface area contributed by atoms with Gasteiger partial charge in [-0.1, -0.05) is 6.07 Å². The first-order valence-corrected chi connectivity index (χ1v) is 8.74. The van der Waals surface area contributed by atoms with Gasteiger partial charge in [0, 0.05) is 32.4 Å². The minimum atomic E-state index is -0.442. The van der Waals surface area contributed by atoms with Crippen LogP contribution in [-0.2, 0) is 11.3 Å². The predicted octanol–water partition coefficient (Wildman–Crippen LogP) is 1.15. The second kappa shape index (κ2) is 7.99. The largest absolute Gasteiger partial charge is 0.357 e. The molecule has 2 saturated heterocycles. The van der Waals surface area contributed by atoms with Gasteiger partial charge in [0.15, 0.2) is 0 Å². The molecule has 3 amide bonds. The zero-order valence-electron chi connectivity index (χ0n) is 13.9. The van der Waals surface area contributed by atoms with E-state index in [2.05, 4.69) is 25.8 Å². The number of nitrogens with zero attached hydrogens (tertiary/aromatic N) is 2. The summed E-state index contributed by atoms with van der Waals surface area (Å²) in [6.07, 6.45) is 6.82. The van der Waals surface area contributed by atoms with Crippen LogP contribution in [0.25, 0.3) is 0 Å². The van der Waals surface area contributed by atoms with Crippen molar-refractivity contribution in [1.29, 1.82) is 0 Å². The third-order valence-electron chi connectivity index (χ3n) is 4.53. The average Bonchev–Trinajstić information content (AvgIpc) is 3.06. The second-order valence-corrected chi connectivity index (χ2v) is 6.39. The SMILES string of the molecule is O=C(NCc1ccc(N2CCCC2)nc1)NC1CCCCNC1=O. The number of amides is 3. The van der Waals surface area contributed by atoms with Crippen LogP contribution in [-0.4, -0.2) is 42.6 Å². The fraction of sp³-hybridized carbons (Fsp3) is 0.588. The molecule has 0 aliphatic carbocycles. The van der Waals surface area contributed by atoms with Crippen LogP contribution in [0.3, 0.4) is 0 Å². The molecule has 3 rings (SSSR count). The highest BCUT2D eigenvalue weighted by Crippen LogP contribution is 2.17. The van der Waals surface area contributed by atoms with Crippen LogP contribution in [0.1, 0.15) is 37.7 Å². The second-order valence-electron chi connectivity index (χ2n) is 6.39. The van der Waals surface area contributed by atoms with Crippen LogP contribution < -0.4 is 20.9 Å². The third-order valence-corrected chi connectivity index (χ3v) is 4.53. The van der Waals surface area contributed by atoms with E-state index in [1.165, 1.54) is 12.8 Å². The zero-order chi connectivity index (χ0) is 16.8. The fourth-order valence-electron chi connectivity index (χ4n) is 3.12. The van der Waals surface area contributed by atoms with E-state index < -0.39 is 6.04 Å². The highest BCUT2D eigenvalue weighted by atomic mass is 16.2. The molecule has 1 unspecified atom stereocenters. The molecule has 7 heteroatoms.